The average Bonchev–Trinajstić information content (AvgIpc) is 3.39. The lowest BCUT2D eigenvalue weighted by atomic mass is 9.98. The Kier molecular flexibility index (Phi) is 6.53. The van der Waals surface area contributed by atoms with Crippen LogP contribution in [0.15, 0.2) is 37.1 Å². The molecule has 2 saturated heterocycles. The Morgan fingerprint density at radius 2 is 2.10 bits per heavy atom. The van der Waals surface area contributed by atoms with E-state index in [2.05, 4.69) is 20.2 Å². The number of carbonyl (C=O) groups excluding carboxylic acids is 2. The zero-order chi connectivity index (χ0) is 21.8. The highest BCUT2D eigenvalue weighted by molar-refractivity contribution is 5.91. The van der Waals surface area contributed by atoms with Crippen molar-refractivity contribution in [2.24, 2.45) is 11.8 Å². The van der Waals surface area contributed by atoms with Gasteiger partial charge in [-0.1, -0.05) is 20.3 Å². The Balaban J connectivity index is 1.41. The van der Waals surface area contributed by atoms with E-state index in [0.717, 1.165) is 44.0 Å². The summed E-state index contributed by atoms with van der Waals surface area (Å²) in [6.45, 7) is 6.93. The molecule has 2 aliphatic rings. The molecule has 8 heteroatoms. The molecule has 2 aliphatic heterocycles. The van der Waals surface area contributed by atoms with Gasteiger partial charge in [-0.25, -0.2) is 9.97 Å². The highest BCUT2D eigenvalue weighted by Crippen LogP contribution is 2.33. The normalized spacial score (nSPS) is 21.1. The standard InChI is InChI=1S/C23H32N6O2/c1-17(2)23(31)26-19-6-7-21(25-13-19)29-10-4-3-5-18-14-28(15-20(18)29)22(30)8-11-27-12-9-24-16-27/h6-7,9,12-13,16-18,20H,3-5,8,10-11,14-15H2,1-2H3,(H,26,31)/t18-,20+/m1/s1. The van der Waals surface area contributed by atoms with Gasteiger partial charge in [-0.15, -0.1) is 0 Å². The minimum atomic E-state index is -0.0678. The van der Waals surface area contributed by atoms with Crippen LogP contribution in [0.2, 0.25) is 0 Å². The maximum atomic E-state index is 12.8. The summed E-state index contributed by atoms with van der Waals surface area (Å²) >= 11 is 0. The van der Waals surface area contributed by atoms with Crippen LogP contribution in [0.25, 0.3) is 0 Å². The molecule has 1 N–H and O–H groups in total. The van der Waals surface area contributed by atoms with E-state index in [0.29, 0.717) is 24.9 Å². The molecule has 2 aromatic heterocycles. The molecule has 0 radical (unpaired) electrons. The molecule has 2 amide bonds. The summed E-state index contributed by atoms with van der Waals surface area (Å²) in [5.41, 5.74) is 0.719. The average molecular weight is 425 g/mol. The van der Waals surface area contributed by atoms with Crippen LogP contribution < -0.4 is 10.2 Å². The number of fused-ring (bicyclic) bond motifs is 1. The van der Waals surface area contributed by atoms with Gasteiger partial charge in [0.15, 0.2) is 0 Å². The fourth-order valence-electron chi connectivity index (χ4n) is 4.55. The molecule has 0 aliphatic carbocycles. The molecule has 8 nitrogen and oxygen atoms in total. The third-order valence-corrected chi connectivity index (χ3v) is 6.36. The number of nitrogens with one attached hydrogen (secondary N) is 1. The smallest absolute Gasteiger partial charge is 0.226 e. The minimum absolute atomic E-state index is 0.00923. The Morgan fingerprint density at radius 3 is 2.81 bits per heavy atom. The predicted octanol–water partition coefficient (Wildman–Crippen LogP) is 2.78. The first-order valence-electron chi connectivity index (χ1n) is 11.3. The number of aromatic nitrogens is 3. The maximum Gasteiger partial charge on any atom is 0.226 e. The summed E-state index contributed by atoms with van der Waals surface area (Å²) in [6, 6.07) is 4.20. The molecule has 2 atom stereocenters. The first-order valence-corrected chi connectivity index (χ1v) is 11.3. The van der Waals surface area contributed by atoms with Crippen LogP contribution in [0.5, 0.6) is 0 Å². The second-order valence-corrected chi connectivity index (χ2v) is 8.91. The van der Waals surface area contributed by atoms with Gasteiger partial charge in [0.2, 0.25) is 11.8 Å². The first kappa shape index (κ1) is 21.3. The lowest BCUT2D eigenvalue weighted by molar-refractivity contribution is -0.130. The van der Waals surface area contributed by atoms with E-state index in [-0.39, 0.29) is 17.7 Å². The van der Waals surface area contributed by atoms with Crippen LogP contribution in [0, 0.1) is 11.8 Å². The van der Waals surface area contributed by atoms with Gasteiger partial charge in [0.25, 0.3) is 0 Å². The largest absolute Gasteiger partial charge is 0.352 e. The van der Waals surface area contributed by atoms with Crippen molar-refractivity contribution in [3.05, 3.63) is 37.1 Å². The second-order valence-electron chi connectivity index (χ2n) is 8.91. The molecule has 0 spiro atoms. The summed E-state index contributed by atoms with van der Waals surface area (Å²) in [6.07, 6.45) is 11.1. The highest BCUT2D eigenvalue weighted by atomic mass is 16.2. The number of imidazole rings is 1. The van der Waals surface area contributed by atoms with Crippen molar-refractivity contribution in [3.8, 4) is 0 Å². The monoisotopic (exact) mass is 424 g/mol. The number of pyridine rings is 1. The Hall–Kier alpha value is -2.90. The summed E-state index contributed by atoms with van der Waals surface area (Å²) in [5, 5.41) is 2.90. The van der Waals surface area contributed by atoms with E-state index >= 15 is 0 Å². The van der Waals surface area contributed by atoms with E-state index in [9.17, 15) is 9.59 Å². The van der Waals surface area contributed by atoms with Crippen LogP contribution in [0.4, 0.5) is 11.5 Å². The molecule has 4 rings (SSSR count). The predicted molar refractivity (Wildman–Crippen MR) is 120 cm³/mol. The molecular weight excluding hydrogens is 392 g/mol. The lowest BCUT2D eigenvalue weighted by Crippen LogP contribution is -2.41. The van der Waals surface area contributed by atoms with Gasteiger partial charge in [-0.3, -0.25) is 9.59 Å². The van der Waals surface area contributed by atoms with Gasteiger partial charge in [0.1, 0.15) is 5.82 Å². The van der Waals surface area contributed by atoms with Crippen molar-refractivity contribution in [3.63, 3.8) is 0 Å². The quantitative estimate of drug-likeness (QED) is 0.771. The second kappa shape index (κ2) is 9.49. The fraction of sp³-hybridized carbons (Fsp3) is 0.565. The number of hydrogen-bond donors (Lipinski definition) is 1. The van der Waals surface area contributed by atoms with Crippen LogP contribution in [0.1, 0.15) is 39.5 Å². The SMILES string of the molecule is CC(C)C(=O)Nc1ccc(N2CCCC[C@@H]3CN(C(=O)CCn4ccnc4)C[C@@H]32)nc1. The molecule has 4 heterocycles. The lowest BCUT2D eigenvalue weighted by Gasteiger charge is -2.31. The number of anilines is 2. The molecule has 2 fully saturated rings. The molecule has 2 aromatic rings. The zero-order valence-electron chi connectivity index (χ0n) is 18.4. The molecule has 31 heavy (non-hydrogen) atoms. The number of hydrogen-bond acceptors (Lipinski definition) is 5. The third kappa shape index (κ3) is 5.06. The van der Waals surface area contributed by atoms with Gasteiger partial charge >= 0.3 is 0 Å². The van der Waals surface area contributed by atoms with E-state index in [1.54, 1.807) is 18.7 Å². The van der Waals surface area contributed by atoms with Crippen LogP contribution in [0.3, 0.4) is 0 Å². The van der Waals surface area contributed by atoms with E-state index < -0.39 is 0 Å². The Morgan fingerprint density at radius 1 is 1.23 bits per heavy atom. The Bertz CT molecular complexity index is 880. The molecule has 0 aromatic carbocycles. The van der Waals surface area contributed by atoms with Crippen molar-refractivity contribution in [1.29, 1.82) is 0 Å². The van der Waals surface area contributed by atoms with Crippen LogP contribution in [-0.4, -0.2) is 56.9 Å². The van der Waals surface area contributed by atoms with Crippen molar-refractivity contribution < 1.29 is 9.59 Å². The zero-order valence-corrected chi connectivity index (χ0v) is 18.4. The minimum Gasteiger partial charge on any atom is -0.352 e. The van der Waals surface area contributed by atoms with Gasteiger partial charge < -0.3 is 19.7 Å². The van der Waals surface area contributed by atoms with Crippen molar-refractivity contribution >= 4 is 23.3 Å². The molecule has 0 saturated carbocycles. The van der Waals surface area contributed by atoms with Crippen molar-refractivity contribution in [2.45, 2.75) is 52.1 Å². The molecular formula is C23H32N6O2. The van der Waals surface area contributed by atoms with E-state index in [1.807, 2.05) is 41.6 Å². The number of likely N-dealkylation sites (tertiary alicyclic amines) is 1. The van der Waals surface area contributed by atoms with E-state index in [1.165, 1.54) is 6.42 Å². The van der Waals surface area contributed by atoms with Gasteiger partial charge in [-0.2, -0.15) is 0 Å². The van der Waals surface area contributed by atoms with Crippen molar-refractivity contribution in [2.75, 3.05) is 29.9 Å². The Labute approximate surface area is 183 Å². The van der Waals surface area contributed by atoms with Crippen LogP contribution in [-0.2, 0) is 16.1 Å². The van der Waals surface area contributed by atoms with Gasteiger partial charge in [0, 0.05) is 50.9 Å². The van der Waals surface area contributed by atoms with Crippen LogP contribution >= 0.6 is 0 Å². The summed E-state index contributed by atoms with van der Waals surface area (Å²) in [4.78, 5) is 37.9. The topological polar surface area (TPSA) is 83.4 Å². The molecule has 0 bridgehead atoms. The maximum absolute atomic E-state index is 12.8. The molecule has 166 valence electrons. The number of carbonyl (C=O) groups is 2. The number of aryl methyl sites for hydroxylation is 1. The van der Waals surface area contributed by atoms with Gasteiger partial charge in [-0.05, 0) is 30.9 Å². The first-order chi connectivity index (χ1) is 15.0. The third-order valence-electron chi connectivity index (χ3n) is 6.36. The van der Waals surface area contributed by atoms with Crippen molar-refractivity contribution in [1.82, 2.24) is 19.4 Å². The summed E-state index contributed by atoms with van der Waals surface area (Å²) < 4.78 is 1.95. The number of nitrogens with zero attached hydrogens (tertiary/aromatic N) is 5. The van der Waals surface area contributed by atoms with Gasteiger partial charge in [0.05, 0.1) is 24.3 Å². The summed E-state index contributed by atoms with van der Waals surface area (Å²) in [7, 11) is 0. The number of amides is 2. The highest BCUT2D eigenvalue weighted by Gasteiger charge is 2.39. The van der Waals surface area contributed by atoms with E-state index in [4.69, 9.17) is 0 Å². The summed E-state index contributed by atoms with van der Waals surface area (Å²) in [5.74, 6) is 1.53. The fourth-order valence-corrected chi connectivity index (χ4v) is 4.55. The molecule has 0 unspecified atom stereocenters. The number of rotatable bonds is 6.